The van der Waals surface area contributed by atoms with Crippen LogP contribution in [-0.2, 0) is 4.79 Å². The van der Waals surface area contributed by atoms with Crippen LogP contribution in [-0.4, -0.2) is 38.0 Å². The highest BCUT2D eigenvalue weighted by Gasteiger charge is 2.33. The Morgan fingerprint density at radius 2 is 2.20 bits per heavy atom. The minimum atomic E-state index is -1.61. The molecule has 0 bridgehead atoms. The highest BCUT2D eigenvalue weighted by molar-refractivity contribution is 5.73. The Kier molecular flexibility index (Phi) is 3.01. The number of hydrogen-bond donors (Lipinski definition) is 5. The van der Waals surface area contributed by atoms with Crippen molar-refractivity contribution in [2.45, 2.75) is 24.5 Å². The van der Waals surface area contributed by atoms with Gasteiger partial charge in [-0.3, -0.25) is 4.79 Å². The van der Waals surface area contributed by atoms with E-state index in [1.807, 2.05) is 0 Å². The second-order valence-electron chi connectivity index (χ2n) is 3.63. The second kappa shape index (κ2) is 3.92. The lowest BCUT2D eigenvalue weighted by Gasteiger charge is -2.28. The first-order valence-corrected chi connectivity index (χ1v) is 4.34. The summed E-state index contributed by atoms with van der Waals surface area (Å²) in [6.45, 7) is 0. The molecule has 6 nitrogen and oxygen atoms in total. The van der Waals surface area contributed by atoms with Gasteiger partial charge in [0.15, 0.2) is 0 Å². The number of carbonyl (C=O) groups is 1. The van der Waals surface area contributed by atoms with Crippen molar-refractivity contribution in [3.63, 3.8) is 0 Å². The van der Waals surface area contributed by atoms with Gasteiger partial charge in [-0.1, -0.05) is 0 Å². The number of carboxylic acids is 1. The van der Waals surface area contributed by atoms with Gasteiger partial charge in [0.2, 0.25) is 0 Å². The zero-order valence-electron chi connectivity index (χ0n) is 7.92. The molecule has 2 atom stereocenters. The van der Waals surface area contributed by atoms with E-state index in [9.17, 15) is 15.0 Å². The van der Waals surface area contributed by atoms with E-state index in [0.29, 0.717) is 0 Å². The molecule has 0 aliphatic heterocycles. The second-order valence-corrected chi connectivity index (χ2v) is 3.63. The van der Waals surface area contributed by atoms with Gasteiger partial charge in [-0.2, -0.15) is 0 Å². The molecule has 6 N–H and O–H groups in total. The van der Waals surface area contributed by atoms with Crippen molar-refractivity contribution in [1.29, 1.82) is 0 Å². The summed E-state index contributed by atoms with van der Waals surface area (Å²) in [6, 6.07) is -1.25. The third-order valence-electron chi connectivity index (χ3n) is 2.11. The SMILES string of the molecule is N[C@@H](CC1(O)C=C(O)C=C(O)C1)C(=O)O. The van der Waals surface area contributed by atoms with Crippen LogP contribution in [0, 0.1) is 0 Å². The number of allylic oxidation sites excluding steroid dienone is 1. The molecule has 1 unspecified atom stereocenters. The maximum Gasteiger partial charge on any atom is 0.320 e. The normalized spacial score (nSPS) is 27.9. The van der Waals surface area contributed by atoms with Gasteiger partial charge in [-0.25, -0.2) is 0 Å². The van der Waals surface area contributed by atoms with Crippen LogP contribution in [0.2, 0.25) is 0 Å². The Labute approximate surface area is 86.0 Å². The summed E-state index contributed by atoms with van der Waals surface area (Å²) in [7, 11) is 0. The van der Waals surface area contributed by atoms with Gasteiger partial charge in [0, 0.05) is 18.9 Å². The van der Waals surface area contributed by atoms with Crippen LogP contribution in [0.25, 0.3) is 0 Å². The Hall–Kier alpha value is -1.53. The summed E-state index contributed by atoms with van der Waals surface area (Å²) in [5, 5.41) is 36.7. The Morgan fingerprint density at radius 3 is 2.67 bits per heavy atom. The third kappa shape index (κ3) is 2.97. The number of rotatable bonds is 3. The lowest BCUT2D eigenvalue weighted by Crippen LogP contribution is -2.41. The lowest BCUT2D eigenvalue weighted by molar-refractivity contribution is -0.140. The van der Waals surface area contributed by atoms with E-state index in [0.717, 1.165) is 12.2 Å². The van der Waals surface area contributed by atoms with Crippen LogP contribution >= 0.6 is 0 Å². The Bertz CT molecular complexity index is 335. The first-order valence-electron chi connectivity index (χ1n) is 4.34. The van der Waals surface area contributed by atoms with Crippen LogP contribution in [0.4, 0.5) is 0 Å². The smallest absolute Gasteiger partial charge is 0.320 e. The van der Waals surface area contributed by atoms with E-state index < -0.39 is 17.6 Å². The summed E-state index contributed by atoms with van der Waals surface area (Å²) < 4.78 is 0. The average Bonchev–Trinajstić information content (AvgIpc) is 1.99. The van der Waals surface area contributed by atoms with Gasteiger partial charge in [0.05, 0.1) is 11.4 Å². The predicted octanol–water partition coefficient (Wildman–Crippen LogP) is -0.193. The minimum absolute atomic E-state index is 0.155. The topological polar surface area (TPSA) is 124 Å². The van der Waals surface area contributed by atoms with E-state index in [1.165, 1.54) is 0 Å². The minimum Gasteiger partial charge on any atom is -0.512 e. The van der Waals surface area contributed by atoms with Crippen molar-refractivity contribution in [3.8, 4) is 0 Å². The quantitative estimate of drug-likeness (QED) is 0.444. The number of aliphatic hydroxyl groups is 3. The monoisotopic (exact) mass is 215 g/mol. The highest BCUT2D eigenvalue weighted by atomic mass is 16.4. The van der Waals surface area contributed by atoms with Crippen molar-refractivity contribution in [3.05, 3.63) is 23.7 Å². The number of hydrogen-bond acceptors (Lipinski definition) is 5. The summed E-state index contributed by atoms with van der Waals surface area (Å²) in [5.74, 6) is -1.76. The van der Waals surface area contributed by atoms with E-state index in [-0.39, 0.29) is 24.4 Å². The molecule has 0 radical (unpaired) electrons. The number of aliphatic hydroxyl groups excluding tert-OH is 2. The van der Waals surface area contributed by atoms with Gasteiger partial charge >= 0.3 is 5.97 Å². The van der Waals surface area contributed by atoms with Crippen molar-refractivity contribution in [1.82, 2.24) is 0 Å². The molecule has 1 aliphatic rings. The molecule has 0 aromatic heterocycles. The third-order valence-corrected chi connectivity index (χ3v) is 2.11. The molecule has 6 heteroatoms. The highest BCUT2D eigenvalue weighted by Crippen LogP contribution is 2.28. The fourth-order valence-electron chi connectivity index (χ4n) is 1.50. The fourth-order valence-corrected chi connectivity index (χ4v) is 1.50. The molecule has 84 valence electrons. The number of nitrogens with two attached hydrogens (primary N) is 1. The summed E-state index contributed by atoms with van der Waals surface area (Å²) in [6.07, 6.45) is 1.73. The summed E-state index contributed by atoms with van der Waals surface area (Å²) >= 11 is 0. The van der Waals surface area contributed by atoms with Gasteiger partial charge in [-0.05, 0) is 6.08 Å². The number of aliphatic carboxylic acids is 1. The lowest BCUT2D eigenvalue weighted by atomic mass is 9.87. The molecule has 0 aromatic rings. The van der Waals surface area contributed by atoms with E-state index in [2.05, 4.69) is 0 Å². The van der Waals surface area contributed by atoms with Gasteiger partial charge in [0.25, 0.3) is 0 Å². The molecule has 0 saturated heterocycles. The molecule has 15 heavy (non-hydrogen) atoms. The summed E-state index contributed by atoms with van der Waals surface area (Å²) in [5.41, 5.74) is 3.64. The van der Waals surface area contributed by atoms with Crippen molar-refractivity contribution >= 4 is 5.97 Å². The van der Waals surface area contributed by atoms with Crippen LogP contribution in [0.15, 0.2) is 23.7 Å². The van der Waals surface area contributed by atoms with Crippen molar-refractivity contribution in [2.75, 3.05) is 0 Å². The van der Waals surface area contributed by atoms with Gasteiger partial charge < -0.3 is 26.2 Å². The molecule has 0 aromatic carbocycles. The standard InChI is InChI=1S/C9H13NO5/c10-7(8(13)14)4-9(15)2-5(11)1-6(12)3-9/h1-2,7,11-12,15H,3-4,10H2,(H,13,14)/t7-,9?/m0/s1. The molecule has 0 fully saturated rings. The largest absolute Gasteiger partial charge is 0.512 e. The number of carboxylic acid groups (broad SMARTS) is 1. The molecule has 1 rings (SSSR count). The molecule has 0 saturated carbocycles. The van der Waals surface area contributed by atoms with Crippen molar-refractivity contribution in [2.24, 2.45) is 5.73 Å². The average molecular weight is 215 g/mol. The van der Waals surface area contributed by atoms with Crippen LogP contribution < -0.4 is 5.73 Å². The molecular formula is C9H13NO5. The maximum absolute atomic E-state index is 10.5. The summed E-state index contributed by atoms with van der Waals surface area (Å²) in [4.78, 5) is 10.5. The Morgan fingerprint density at radius 1 is 1.60 bits per heavy atom. The van der Waals surface area contributed by atoms with Crippen LogP contribution in [0.1, 0.15) is 12.8 Å². The molecule has 0 heterocycles. The maximum atomic E-state index is 10.5. The van der Waals surface area contributed by atoms with E-state index >= 15 is 0 Å². The first-order chi connectivity index (χ1) is 6.82. The molecule has 0 amide bonds. The van der Waals surface area contributed by atoms with E-state index in [1.54, 1.807) is 0 Å². The molecule has 1 aliphatic carbocycles. The zero-order chi connectivity index (χ0) is 11.6. The first kappa shape index (κ1) is 11.5. The molecule has 0 spiro atoms. The predicted molar refractivity (Wildman–Crippen MR) is 51.2 cm³/mol. The van der Waals surface area contributed by atoms with E-state index in [4.69, 9.17) is 15.9 Å². The van der Waals surface area contributed by atoms with Gasteiger partial charge in [0.1, 0.15) is 11.8 Å². The molecular weight excluding hydrogens is 202 g/mol. The fraction of sp³-hybridized carbons (Fsp3) is 0.444. The Balaban J connectivity index is 2.77. The van der Waals surface area contributed by atoms with Crippen LogP contribution in [0.3, 0.4) is 0 Å². The van der Waals surface area contributed by atoms with Crippen LogP contribution in [0.5, 0.6) is 0 Å². The van der Waals surface area contributed by atoms with Gasteiger partial charge in [-0.15, -0.1) is 0 Å². The van der Waals surface area contributed by atoms with Crippen molar-refractivity contribution < 1.29 is 25.2 Å². The zero-order valence-corrected chi connectivity index (χ0v) is 7.92.